The van der Waals surface area contributed by atoms with Crippen molar-refractivity contribution >= 4 is 0 Å². The van der Waals surface area contributed by atoms with E-state index < -0.39 is 0 Å². The fraction of sp³-hybridized carbons (Fsp3) is 0.526. The Hall–Kier alpha value is -2.25. The summed E-state index contributed by atoms with van der Waals surface area (Å²) >= 11 is 0. The summed E-state index contributed by atoms with van der Waals surface area (Å²) in [4.78, 5) is 2.23. The molecule has 0 saturated carbocycles. The highest BCUT2D eigenvalue weighted by Gasteiger charge is 2.32. The Kier molecular flexibility index (Phi) is 5.68. The van der Waals surface area contributed by atoms with E-state index in [1.165, 1.54) is 0 Å². The van der Waals surface area contributed by atoms with E-state index in [1.54, 1.807) is 21.3 Å². The van der Waals surface area contributed by atoms with Crippen LogP contribution in [0.1, 0.15) is 17.0 Å². The molecule has 1 saturated heterocycles. The predicted molar refractivity (Wildman–Crippen MR) is 97.9 cm³/mol. The van der Waals surface area contributed by atoms with Crippen LogP contribution in [-0.4, -0.2) is 60.7 Å². The number of ether oxygens (including phenoxy) is 3. The van der Waals surface area contributed by atoms with E-state index in [0.717, 1.165) is 29.9 Å². The first-order chi connectivity index (χ1) is 12.5. The number of nitrogens with zero attached hydrogens (tertiary/aromatic N) is 2. The molecule has 26 heavy (non-hydrogen) atoms. The maximum absolute atomic E-state index is 10.5. The SMILES string of the molecule is COc1ccc(CN2C[C@@H](Cc3cc(C)[nH]n3)[C@@H](O)C2)c(OC)c1OC. The largest absolute Gasteiger partial charge is 0.493 e. The molecule has 1 aromatic heterocycles. The van der Waals surface area contributed by atoms with E-state index in [0.29, 0.717) is 30.3 Å². The molecule has 1 fully saturated rings. The zero-order chi connectivity index (χ0) is 18.7. The number of aryl methyl sites for hydroxylation is 1. The van der Waals surface area contributed by atoms with Gasteiger partial charge in [-0.05, 0) is 25.5 Å². The lowest BCUT2D eigenvalue weighted by Crippen LogP contribution is -2.21. The van der Waals surface area contributed by atoms with E-state index >= 15 is 0 Å². The van der Waals surface area contributed by atoms with Gasteiger partial charge in [0, 0.05) is 36.8 Å². The van der Waals surface area contributed by atoms with Gasteiger partial charge in [-0.15, -0.1) is 0 Å². The van der Waals surface area contributed by atoms with Gasteiger partial charge in [0.2, 0.25) is 5.75 Å². The number of H-pyrrole nitrogens is 1. The quantitative estimate of drug-likeness (QED) is 0.783. The molecule has 1 aliphatic rings. The minimum Gasteiger partial charge on any atom is -0.493 e. The van der Waals surface area contributed by atoms with Crippen molar-refractivity contribution in [2.45, 2.75) is 26.0 Å². The smallest absolute Gasteiger partial charge is 0.203 e. The van der Waals surface area contributed by atoms with Crippen LogP contribution in [0.2, 0.25) is 0 Å². The lowest BCUT2D eigenvalue weighted by molar-refractivity contribution is 0.140. The normalized spacial score (nSPS) is 20.3. The van der Waals surface area contributed by atoms with Gasteiger partial charge in [0.1, 0.15) is 0 Å². The summed E-state index contributed by atoms with van der Waals surface area (Å²) in [6.07, 6.45) is 0.406. The lowest BCUT2D eigenvalue weighted by atomic mass is 10.0. The van der Waals surface area contributed by atoms with Crippen molar-refractivity contribution in [1.82, 2.24) is 15.1 Å². The minimum absolute atomic E-state index is 0.170. The van der Waals surface area contributed by atoms with E-state index in [-0.39, 0.29) is 12.0 Å². The molecular formula is C19H27N3O4. The molecule has 2 N–H and O–H groups in total. The number of aromatic amines is 1. The van der Waals surface area contributed by atoms with E-state index in [9.17, 15) is 5.11 Å². The van der Waals surface area contributed by atoms with Crippen LogP contribution < -0.4 is 14.2 Å². The van der Waals surface area contributed by atoms with Crippen molar-refractivity contribution in [3.05, 3.63) is 35.2 Å². The van der Waals surface area contributed by atoms with Crippen molar-refractivity contribution < 1.29 is 19.3 Å². The molecule has 1 aliphatic heterocycles. The first kappa shape index (κ1) is 18.5. The first-order valence-electron chi connectivity index (χ1n) is 8.74. The third-order valence-electron chi connectivity index (χ3n) is 4.89. The molecule has 7 heteroatoms. The van der Waals surface area contributed by atoms with E-state index in [2.05, 4.69) is 15.1 Å². The molecule has 2 heterocycles. The summed E-state index contributed by atoms with van der Waals surface area (Å²) < 4.78 is 16.4. The van der Waals surface area contributed by atoms with Crippen molar-refractivity contribution in [3.63, 3.8) is 0 Å². The number of hydrogen-bond donors (Lipinski definition) is 2. The number of aliphatic hydroxyl groups is 1. The van der Waals surface area contributed by atoms with Crippen LogP contribution in [0, 0.1) is 12.8 Å². The molecule has 0 amide bonds. The molecule has 0 unspecified atom stereocenters. The van der Waals surface area contributed by atoms with Gasteiger partial charge >= 0.3 is 0 Å². The highest BCUT2D eigenvalue weighted by atomic mass is 16.5. The number of likely N-dealkylation sites (tertiary alicyclic amines) is 1. The number of benzene rings is 1. The second-order valence-electron chi connectivity index (χ2n) is 6.76. The second-order valence-corrected chi connectivity index (χ2v) is 6.76. The van der Waals surface area contributed by atoms with Crippen molar-refractivity contribution in [2.24, 2.45) is 5.92 Å². The summed E-state index contributed by atoms with van der Waals surface area (Å²) in [6.45, 7) is 4.10. The Morgan fingerprint density at radius 1 is 1.15 bits per heavy atom. The molecule has 0 bridgehead atoms. The molecule has 1 aromatic carbocycles. The number of hydrogen-bond acceptors (Lipinski definition) is 6. The van der Waals surface area contributed by atoms with Crippen LogP contribution in [0.5, 0.6) is 17.2 Å². The minimum atomic E-state index is -0.363. The molecule has 0 spiro atoms. The maximum Gasteiger partial charge on any atom is 0.203 e. The third-order valence-corrected chi connectivity index (χ3v) is 4.89. The van der Waals surface area contributed by atoms with Crippen molar-refractivity contribution in [3.8, 4) is 17.2 Å². The van der Waals surface area contributed by atoms with E-state index in [4.69, 9.17) is 14.2 Å². The van der Waals surface area contributed by atoms with Gasteiger partial charge in [0.05, 0.1) is 33.1 Å². The van der Waals surface area contributed by atoms with Gasteiger partial charge in [-0.3, -0.25) is 10.00 Å². The number of aromatic nitrogens is 2. The van der Waals surface area contributed by atoms with Gasteiger partial charge in [-0.2, -0.15) is 5.10 Å². The number of aliphatic hydroxyl groups excluding tert-OH is 1. The highest BCUT2D eigenvalue weighted by Crippen LogP contribution is 2.40. The Labute approximate surface area is 153 Å². The van der Waals surface area contributed by atoms with E-state index in [1.807, 2.05) is 25.1 Å². The number of β-amino-alcohol motifs (C(OH)–C–C–N with tert-alkyl or cyclic N) is 1. The molecule has 0 aliphatic carbocycles. The number of rotatable bonds is 7. The molecule has 3 rings (SSSR count). The fourth-order valence-corrected chi connectivity index (χ4v) is 3.65. The Morgan fingerprint density at radius 2 is 1.92 bits per heavy atom. The molecular weight excluding hydrogens is 334 g/mol. The maximum atomic E-state index is 10.5. The van der Waals surface area contributed by atoms with Crippen LogP contribution in [0.25, 0.3) is 0 Å². The fourth-order valence-electron chi connectivity index (χ4n) is 3.65. The molecule has 2 aromatic rings. The monoisotopic (exact) mass is 361 g/mol. The zero-order valence-electron chi connectivity index (χ0n) is 15.8. The van der Waals surface area contributed by atoms with Crippen LogP contribution in [0.3, 0.4) is 0 Å². The van der Waals surface area contributed by atoms with Crippen molar-refractivity contribution in [1.29, 1.82) is 0 Å². The predicted octanol–water partition coefficient (Wildman–Crippen LogP) is 1.78. The summed E-state index contributed by atoms with van der Waals surface area (Å²) in [5, 5.41) is 17.7. The Morgan fingerprint density at radius 3 is 2.54 bits per heavy atom. The third kappa shape index (κ3) is 3.78. The van der Waals surface area contributed by atoms with Gasteiger partial charge in [-0.25, -0.2) is 0 Å². The van der Waals surface area contributed by atoms with Gasteiger partial charge in [0.25, 0.3) is 0 Å². The zero-order valence-corrected chi connectivity index (χ0v) is 15.8. The Bertz CT molecular complexity index is 746. The summed E-state index contributed by atoms with van der Waals surface area (Å²) in [5.74, 6) is 2.08. The van der Waals surface area contributed by atoms with Gasteiger partial charge in [-0.1, -0.05) is 6.07 Å². The average Bonchev–Trinajstić information content (AvgIpc) is 3.19. The van der Waals surface area contributed by atoms with Gasteiger partial charge in [0.15, 0.2) is 11.5 Å². The molecule has 7 nitrogen and oxygen atoms in total. The Balaban J connectivity index is 1.71. The second kappa shape index (κ2) is 7.97. The highest BCUT2D eigenvalue weighted by molar-refractivity contribution is 5.55. The average molecular weight is 361 g/mol. The van der Waals surface area contributed by atoms with Crippen LogP contribution in [-0.2, 0) is 13.0 Å². The number of methoxy groups -OCH3 is 3. The molecule has 142 valence electrons. The van der Waals surface area contributed by atoms with Crippen LogP contribution >= 0.6 is 0 Å². The summed E-state index contributed by atoms with van der Waals surface area (Å²) in [5.41, 5.74) is 3.05. The number of nitrogens with one attached hydrogen (secondary N) is 1. The summed E-state index contributed by atoms with van der Waals surface area (Å²) in [6, 6.07) is 5.90. The van der Waals surface area contributed by atoms with Gasteiger partial charge < -0.3 is 19.3 Å². The van der Waals surface area contributed by atoms with Crippen LogP contribution in [0.15, 0.2) is 18.2 Å². The first-order valence-corrected chi connectivity index (χ1v) is 8.74. The standard InChI is InChI=1S/C19H27N3O4/c1-12-7-15(21-20-12)8-14-10-22(11-16(14)23)9-13-5-6-17(24-2)19(26-4)18(13)25-3/h5-7,14,16,23H,8-11H2,1-4H3,(H,20,21)/t14-,16+/m1/s1. The lowest BCUT2D eigenvalue weighted by Gasteiger charge is -2.20. The molecule has 2 atom stereocenters. The van der Waals surface area contributed by atoms with Crippen molar-refractivity contribution in [2.75, 3.05) is 34.4 Å². The molecule has 0 radical (unpaired) electrons. The topological polar surface area (TPSA) is 79.8 Å². The van der Waals surface area contributed by atoms with Crippen LogP contribution in [0.4, 0.5) is 0 Å². The summed E-state index contributed by atoms with van der Waals surface area (Å²) in [7, 11) is 4.84.